The number of nitrogen functional groups attached to an aromatic ring is 1. The van der Waals surface area contributed by atoms with E-state index in [1.54, 1.807) is 12.1 Å². The van der Waals surface area contributed by atoms with Crippen molar-refractivity contribution in [3.63, 3.8) is 0 Å². The second kappa shape index (κ2) is 6.27. The molecule has 1 heterocycles. The normalized spacial score (nSPS) is 13.2. The molecule has 108 valence electrons. The van der Waals surface area contributed by atoms with Crippen molar-refractivity contribution in [3.8, 4) is 5.75 Å². The van der Waals surface area contributed by atoms with Gasteiger partial charge < -0.3 is 21.1 Å². The molecule has 2 amide bonds. The van der Waals surface area contributed by atoms with E-state index in [2.05, 4.69) is 17.6 Å². The van der Waals surface area contributed by atoms with Crippen LogP contribution in [-0.4, -0.2) is 18.4 Å². The van der Waals surface area contributed by atoms with Crippen LogP contribution in [0.5, 0.6) is 5.75 Å². The van der Waals surface area contributed by atoms with E-state index in [9.17, 15) is 9.59 Å². The molecule has 0 saturated carbocycles. The van der Waals surface area contributed by atoms with E-state index in [1.807, 2.05) is 0 Å². The van der Waals surface area contributed by atoms with E-state index in [1.165, 1.54) is 0 Å². The summed E-state index contributed by atoms with van der Waals surface area (Å²) in [5, 5.41) is 5.45. The minimum atomic E-state index is -0.220. The van der Waals surface area contributed by atoms with Gasteiger partial charge in [-0.2, -0.15) is 0 Å². The molecule has 0 atom stereocenters. The monoisotopic (exact) mass is 277 g/mol. The predicted molar refractivity (Wildman–Crippen MR) is 77.8 cm³/mol. The Balaban J connectivity index is 2.06. The number of amides is 2. The van der Waals surface area contributed by atoms with Gasteiger partial charge in [0, 0.05) is 12.5 Å². The Morgan fingerprint density at radius 3 is 3.00 bits per heavy atom. The molecule has 6 heteroatoms. The number of anilines is 3. The topological polar surface area (TPSA) is 93.5 Å². The standard InChI is InChI=1S/C14H19N3O3/c1-2-3-4-5-13(18)16-10-7-11-12(6-9(10)15)20-8-14(19)17-11/h6-7H,2-5,8,15H2,1H3,(H,16,18)(H,17,19). The average Bonchev–Trinajstić information content (AvgIpc) is 2.40. The van der Waals surface area contributed by atoms with Crippen molar-refractivity contribution in [2.24, 2.45) is 0 Å². The third-order valence-corrected chi connectivity index (χ3v) is 3.07. The number of carbonyl (C=O) groups excluding carboxylic acids is 2. The second-order valence-corrected chi connectivity index (χ2v) is 4.78. The molecule has 20 heavy (non-hydrogen) atoms. The molecule has 6 nitrogen and oxygen atoms in total. The molecule has 1 aromatic rings. The van der Waals surface area contributed by atoms with E-state index in [-0.39, 0.29) is 18.4 Å². The Bertz CT molecular complexity index is 529. The zero-order chi connectivity index (χ0) is 14.5. The number of nitrogens with two attached hydrogens (primary N) is 1. The number of hydrogen-bond acceptors (Lipinski definition) is 4. The maximum atomic E-state index is 11.8. The second-order valence-electron chi connectivity index (χ2n) is 4.78. The number of hydrogen-bond donors (Lipinski definition) is 3. The molecule has 1 aromatic carbocycles. The van der Waals surface area contributed by atoms with Gasteiger partial charge in [-0.3, -0.25) is 9.59 Å². The highest BCUT2D eigenvalue weighted by molar-refractivity contribution is 6.00. The molecular formula is C14H19N3O3. The molecule has 0 aromatic heterocycles. The van der Waals surface area contributed by atoms with Crippen molar-refractivity contribution in [2.75, 3.05) is 23.0 Å². The first-order chi connectivity index (χ1) is 9.60. The molecule has 0 radical (unpaired) electrons. The van der Waals surface area contributed by atoms with Crippen LogP contribution in [0, 0.1) is 0 Å². The van der Waals surface area contributed by atoms with Crippen LogP contribution in [0.1, 0.15) is 32.6 Å². The number of rotatable bonds is 5. The van der Waals surface area contributed by atoms with Crippen LogP contribution in [-0.2, 0) is 9.59 Å². The third kappa shape index (κ3) is 3.40. The molecule has 0 spiro atoms. The van der Waals surface area contributed by atoms with E-state index in [4.69, 9.17) is 10.5 Å². The van der Waals surface area contributed by atoms with E-state index < -0.39 is 0 Å². The summed E-state index contributed by atoms with van der Waals surface area (Å²) >= 11 is 0. The first-order valence-electron chi connectivity index (χ1n) is 6.76. The maximum absolute atomic E-state index is 11.8. The highest BCUT2D eigenvalue weighted by Crippen LogP contribution is 2.35. The van der Waals surface area contributed by atoms with E-state index >= 15 is 0 Å². The molecule has 0 fully saturated rings. The Labute approximate surface area is 117 Å². The first-order valence-corrected chi connectivity index (χ1v) is 6.76. The van der Waals surface area contributed by atoms with Crippen molar-refractivity contribution >= 4 is 28.9 Å². The number of unbranched alkanes of at least 4 members (excludes halogenated alkanes) is 2. The molecule has 2 rings (SSSR count). The Kier molecular flexibility index (Phi) is 4.45. The first kappa shape index (κ1) is 14.2. The zero-order valence-electron chi connectivity index (χ0n) is 11.5. The number of benzene rings is 1. The van der Waals surface area contributed by atoms with Crippen molar-refractivity contribution in [3.05, 3.63) is 12.1 Å². The van der Waals surface area contributed by atoms with E-state index in [0.29, 0.717) is 29.2 Å². The molecular weight excluding hydrogens is 258 g/mol. The Morgan fingerprint density at radius 1 is 1.45 bits per heavy atom. The lowest BCUT2D eigenvalue weighted by atomic mass is 10.1. The summed E-state index contributed by atoms with van der Waals surface area (Å²) in [6.45, 7) is 2.07. The smallest absolute Gasteiger partial charge is 0.262 e. The lowest BCUT2D eigenvalue weighted by molar-refractivity contribution is -0.118. The molecule has 0 unspecified atom stereocenters. The fraction of sp³-hybridized carbons (Fsp3) is 0.429. The summed E-state index contributed by atoms with van der Waals surface area (Å²) in [4.78, 5) is 23.1. The van der Waals surface area contributed by atoms with Crippen molar-refractivity contribution < 1.29 is 14.3 Å². The van der Waals surface area contributed by atoms with Gasteiger partial charge in [-0.05, 0) is 12.5 Å². The summed E-state index contributed by atoms with van der Waals surface area (Å²) in [5.74, 6) is 0.224. The summed E-state index contributed by atoms with van der Waals surface area (Å²) < 4.78 is 5.25. The predicted octanol–water partition coefficient (Wildman–Crippen LogP) is 2.12. The van der Waals surface area contributed by atoms with Gasteiger partial charge in [-0.15, -0.1) is 0 Å². The molecule has 0 saturated heterocycles. The van der Waals surface area contributed by atoms with Crippen LogP contribution >= 0.6 is 0 Å². The van der Waals surface area contributed by atoms with Gasteiger partial charge in [0.05, 0.1) is 17.1 Å². The van der Waals surface area contributed by atoms with Crippen LogP contribution in [0.4, 0.5) is 17.1 Å². The van der Waals surface area contributed by atoms with Gasteiger partial charge in [-0.1, -0.05) is 19.8 Å². The van der Waals surface area contributed by atoms with E-state index in [0.717, 1.165) is 19.3 Å². The summed E-state index contributed by atoms with van der Waals surface area (Å²) in [5.41, 5.74) is 7.32. The SMILES string of the molecule is CCCCCC(=O)Nc1cc2c(cc1N)OCC(=O)N2. The lowest BCUT2D eigenvalue weighted by Crippen LogP contribution is -2.25. The highest BCUT2D eigenvalue weighted by atomic mass is 16.5. The zero-order valence-corrected chi connectivity index (χ0v) is 11.5. The molecule has 0 aliphatic carbocycles. The number of fused-ring (bicyclic) bond motifs is 1. The Morgan fingerprint density at radius 2 is 2.25 bits per heavy atom. The summed E-state index contributed by atoms with van der Waals surface area (Å²) in [6.07, 6.45) is 3.41. The molecule has 4 N–H and O–H groups in total. The maximum Gasteiger partial charge on any atom is 0.262 e. The van der Waals surface area contributed by atoms with Gasteiger partial charge in [0.15, 0.2) is 6.61 Å². The molecule has 1 aliphatic rings. The average molecular weight is 277 g/mol. The van der Waals surface area contributed by atoms with Crippen LogP contribution < -0.4 is 21.1 Å². The minimum absolute atomic E-state index is 0.0187. The van der Waals surface area contributed by atoms with Crippen LogP contribution in [0.3, 0.4) is 0 Å². The minimum Gasteiger partial charge on any atom is -0.482 e. The van der Waals surface area contributed by atoms with Gasteiger partial charge in [-0.25, -0.2) is 0 Å². The van der Waals surface area contributed by atoms with Crippen LogP contribution in [0.2, 0.25) is 0 Å². The lowest BCUT2D eigenvalue weighted by Gasteiger charge is -2.20. The fourth-order valence-electron chi connectivity index (χ4n) is 2.00. The highest BCUT2D eigenvalue weighted by Gasteiger charge is 2.18. The van der Waals surface area contributed by atoms with Gasteiger partial charge in [0.25, 0.3) is 5.91 Å². The fourth-order valence-corrected chi connectivity index (χ4v) is 2.00. The summed E-state index contributed by atoms with van der Waals surface area (Å²) in [7, 11) is 0. The van der Waals surface area contributed by atoms with Gasteiger partial charge in [0.2, 0.25) is 5.91 Å². The number of ether oxygens (including phenoxy) is 1. The van der Waals surface area contributed by atoms with Gasteiger partial charge >= 0.3 is 0 Å². The number of carbonyl (C=O) groups is 2. The third-order valence-electron chi connectivity index (χ3n) is 3.07. The van der Waals surface area contributed by atoms with Crippen molar-refractivity contribution in [2.45, 2.75) is 32.6 Å². The Hall–Kier alpha value is -2.24. The molecule has 1 aliphatic heterocycles. The van der Waals surface area contributed by atoms with Crippen molar-refractivity contribution in [1.29, 1.82) is 0 Å². The molecule has 0 bridgehead atoms. The van der Waals surface area contributed by atoms with Crippen LogP contribution in [0.25, 0.3) is 0 Å². The quantitative estimate of drug-likeness (QED) is 0.567. The largest absolute Gasteiger partial charge is 0.482 e. The van der Waals surface area contributed by atoms with Crippen molar-refractivity contribution in [1.82, 2.24) is 0 Å². The van der Waals surface area contributed by atoms with Gasteiger partial charge in [0.1, 0.15) is 5.75 Å². The summed E-state index contributed by atoms with van der Waals surface area (Å²) in [6, 6.07) is 3.23. The number of nitrogens with one attached hydrogen (secondary N) is 2. The van der Waals surface area contributed by atoms with Crippen LogP contribution in [0.15, 0.2) is 12.1 Å².